The van der Waals surface area contributed by atoms with E-state index in [1.807, 2.05) is 0 Å². The Morgan fingerprint density at radius 3 is 2.40 bits per heavy atom. The Hall–Kier alpha value is -1.35. The maximum absolute atomic E-state index is 12.3. The molecular formula is C16H25ClN2O5S. The second-order valence-corrected chi connectivity index (χ2v) is 7.96. The fourth-order valence-electron chi connectivity index (χ4n) is 2.59. The van der Waals surface area contributed by atoms with Gasteiger partial charge in [0.15, 0.2) is 9.84 Å². The molecule has 3 N–H and O–H groups in total. The zero-order chi connectivity index (χ0) is 17.6. The molecule has 25 heavy (non-hydrogen) atoms. The minimum absolute atomic E-state index is 0. The molecule has 1 fully saturated rings. The number of carbonyl (C=O) groups excluding carboxylic acids is 1. The highest BCUT2D eigenvalue weighted by atomic mass is 35.5. The van der Waals surface area contributed by atoms with Crippen LogP contribution in [0.1, 0.15) is 12.8 Å². The van der Waals surface area contributed by atoms with Gasteiger partial charge in [-0.25, -0.2) is 8.42 Å². The first-order valence-corrected chi connectivity index (χ1v) is 9.76. The number of hydrogen-bond donors (Lipinski definition) is 2. The van der Waals surface area contributed by atoms with E-state index in [9.17, 15) is 13.2 Å². The largest absolute Gasteiger partial charge is 0.492 e. The molecule has 1 aromatic rings. The van der Waals surface area contributed by atoms with Crippen molar-refractivity contribution in [2.24, 2.45) is 11.1 Å². The highest BCUT2D eigenvalue weighted by Gasteiger charge is 2.38. The summed E-state index contributed by atoms with van der Waals surface area (Å²) in [5, 5.41) is 2.85. The lowest BCUT2D eigenvalue weighted by molar-refractivity contribution is -0.136. The Morgan fingerprint density at radius 2 is 1.88 bits per heavy atom. The summed E-state index contributed by atoms with van der Waals surface area (Å²) in [6.07, 6.45) is 2.41. The molecule has 0 bridgehead atoms. The van der Waals surface area contributed by atoms with Crippen molar-refractivity contribution in [1.29, 1.82) is 0 Å². The zero-order valence-electron chi connectivity index (χ0n) is 14.2. The van der Waals surface area contributed by atoms with Gasteiger partial charge in [-0.05, 0) is 37.1 Å². The van der Waals surface area contributed by atoms with Crippen LogP contribution in [0, 0.1) is 5.41 Å². The highest BCUT2D eigenvalue weighted by Crippen LogP contribution is 2.29. The van der Waals surface area contributed by atoms with E-state index in [0.717, 1.165) is 6.26 Å². The van der Waals surface area contributed by atoms with Crippen LogP contribution in [0.15, 0.2) is 29.2 Å². The third kappa shape index (κ3) is 5.85. The number of carbonyl (C=O) groups is 1. The lowest BCUT2D eigenvalue weighted by atomic mass is 9.79. The van der Waals surface area contributed by atoms with Crippen LogP contribution in [-0.2, 0) is 19.4 Å². The van der Waals surface area contributed by atoms with E-state index >= 15 is 0 Å². The molecule has 142 valence electrons. The van der Waals surface area contributed by atoms with E-state index in [2.05, 4.69) is 5.32 Å². The van der Waals surface area contributed by atoms with Crippen LogP contribution in [0.5, 0.6) is 5.75 Å². The number of hydrogen-bond acceptors (Lipinski definition) is 6. The lowest BCUT2D eigenvalue weighted by Gasteiger charge is -2.34. The molecule has 9 heteroatoms. The quantitative estimate of drug-likeness (QED) is 0.663. The lowest BCUT2D eigenvalue weighted by Crippen LogP contribution is -2.49. The Balaban J connectivity index is 0.00000312. The number of halogens is 1. The number of ether oxygens (including phenoxy) is 2. The normalized spacial score (nSPS) is 16.6. The molecule has 0 radical (unpaired) electrons. The number of rotatable bonds is 7. The van der Waals surface area contributed by atoms with Crippen LogP contribution in [0.3, 0.4) is 0 Å². The first-order valence-electron chi connectivity index (χ1n) is 7.86. The first-order chi connectivity index (χ1) is 11.4. The third-order valence-electron chi connectivity index (χ3n) is 4.23. The van der Waals surface area contributed by atoms with Gasteiger partial charge in [-0.3, -0.25) is 4.79 Å². The Kier molecular flexibility index (Phi) is 8.14. The maximum Gasteiger partial charge on any atom is 0.227 e. The highest BCUT2D eigenvalue weighted by molar-refractivity contribution is 7.90. The van der Waals surface area contributed by atoms with E-state index < -0.39 is 15.3 Å². The average Bonchev–Trinajstić information content (AvgIpc) is 2.58. The van der Waals surface area contributed by atoms with Gasteiger partial charge >= 0.3 is 0 Å². The van der Waals surface area contributed by atoms with E-state index in [1.54, 1.807) is 12.1 Å². The number of amides is 1. The standard InChI is InChI=1S/C16H24N2O5S.ClH/c1-24(20,21)14-4-2-13(3-5-14)23-11-8-18-15(19)16(12-17)6-9-22-10-7-16;/h2-5H,6-12,17H2,1H3,(H,18,19);1H. The third-order valence-corrected chi connectivity index (χ3v) is 5.36. The van der Waals surface area contributed by atoms with Crippen LogP contribution in [0.2, 0.25) is 0 Å². The molecule has 0 saturated carbocycles. The molecule has 2 rings (SSSR count). The molecule has 7 nitrogen and oxygen atoms in total. The maximum atomic E-state index is 12.3. The molecule has 1 aliphatic heterocycles. The number of nitrogens with one attached hydrogen (secondary N) is 1. The molecule has 1 heterocycles. The second-order valence-electron chi connectivity index (χ2n) is 5.94. The molecular weight excluding hydrogens is 368 g/mol. The monoisotopic (exact) mass is 392 g/mol. The van der Waals surface area contributed by atoms with Crippen molar-refractivity contribution in [3.63, 3.8) is 0 Å². The molecule has 1 amide bonds. The van der Waals surface area contributed by atoms with Crippen LogP contribution in [-0.4, -0.2) is 53.5 Å². The van der Waals surface area contributed by atoms with Crippen molar-refractivity contribution in [2.75, 3.05) is 39.2 Å². The molecule has 0 unspecified atom stereocenters. The van der Waals surface area contributed by atoms with Crippen molar-refractivity contribution in [3.05, 3.63) is 24.3 Å². The van der Waals surface area contributed by atoms with E-state index in [0.29, 0.717) is 51.5 Å². The van der Waals surface area contributed by atoms with Gasteiger partial charge in [-0.15, -0.1) is 12.4 Å². The van der Waals surface area contributed by atoms with Gasteiger partial charge in [0, 0.05) is 26.0 Å². The summed E-state index contributed by atoms with van der Waals surface area (Å²) in [5.41, 5.74) is 5.24. The molecule has 0 spiro atoms. The number of benzene rings is 1. The van der Waals surface area contributed by atoms with Crippen molar-refractivity contribution >= 4 is 28.2 Å². The van der Waals surface area contributed by atoms with Gasteiger partial charge in [-0.2, -0.15) is 0 Å². The Bertz CT molecular complexity index is 658. The second kappa shape index (κ2) is 9.38. The van der Waals surface area contributed by atoms with Gasteiger partial charge in [0.2, 0.25) is 5.91 Å². The molecule has 1 aromatic carbocycles. The van der Waals surface area contributed by atoms with Crippen molar-refractivity contribution < 1.29 is 22.7 Å². The van der Waals surface area contributed by atoms with Gasteiger partial charge in [0.05, 0.1) is 16.9 Å². The summed E-state index contributed by atoms with van der Waals surface area (Å²) in [6, 6.07) is 6.18. The van der Waals surface area contributed by atoms with Gasteiger partial charge < -0.3 is 20.5 Å². The minimum atomic E-state index is -3.21. The zero-order valence-corrected chi connectivity index (χ0v) is 15.8. The summed E-state index contributed by atoms with van der Waals surface area (Å²) in [4.78, 5) is 12.6. The molecule has 0 aromatic heterocycles. The summed E-state index contributed by atoms with van der Waals surface area (Å²) < 4.78 is 33.6. The SMILES string of the molecule is CS(=O)(=O)c1ccc(OCCNC(=O)C2(CN)CCOCC2)cc1.Cl. The van der Waals surface area contributed by atoms with E-state index in [4.69, 9.17) is 15.2 Å². The summed E-state index contributed by atoms with van der Waals surface area (Å²) in [7, 11) is -3.21. The van der Waals surface area contributed by atoms with Gasteiger partial charge in [-0.1, -0.05) is 0 Å². The van der Waals surface area contributed by atoms with Crippen LogP contribution < -0.4 is 15.8 Å². The molecule has 0 aliphatic carbocycles. The predicted molar refractivity (Wildman–Crippen MR) is 96.8 cm³/mol. The van der Waals surface area contributed by atoms with Crippen LogP contribution in [0.25, 0.3) is 0 Å². The van der Waals surface area contributed by atoms with Crippen LogP contribution >= 0.6 is 12.4 Å². The summed E-state index contributed by atoms with van der Waals surface area (Å²) in [5.74, 6) is 0.487. The van der Waals surface area contributed by atoms with Crippen molar-refractivity contribution in [3.8, 4) is 5.75 Å². The molecule has 1 aliphatic rings. The van der Waals surface area contributed by atoms with Gasteiger partial charge in [0.1, 0.15) is 12.4 Å². The predicted octanol–water partition coefficient (Wildman–Crippen LogP) is 0.762. The van der Waals surface area contributed by atoms with E-state index in [1.165, 1.54) is 12.1 Å². The Morgan fingerprint density at radius 1 is 1.28 bits per heavy atom. The smallest absolute Gasteiger partial charge is 0.227 e. The van der Waals surface area contributed by atoms with Crippen molar-refractivity contribution in [1.82, 2.24) is 5.32 Å². The fourth-order valence-corrected chi connectivity index (χ4v) is 3.22. The van der Waals surface area contributed by atoms with Crippen LogP contribution in [0.4, 0.5) is 0 Å². The van der Waals surface area contributed by atoms with Crippen molar-refractivity contribution in [2.45, 2.75) is 17.7 Å². The fraction of sp³-hybridized carbons (Fsp3) is 0.562. The molecule has 1 saturated heterocycles. The summed E-state index contributed by atoms with van der Waals surface area (Å²) in [6.45, 7) is 2.05. The topological polar surface area (TPSA) is 108 Å². The van der Waals surface area contributed by atoms with E-state index in [-0.39, 0.29) is 23.2 Å². The summed E-state index contributed by atoms with van der Waals surface area (Å²) >= 11 is 0. The minimum Gasteiger partial charge on any atom is -0.492 e. The number of sulfone groups is 1. The first kappa shape index (κ1) is 21.7. The van der Waals surface area contributed by atoms with Gasteiger partial charge in [0.25, 0.3) is 0 Å². The number of nitrogens with two attached hydrogens (primary N) is 1. The molecule has 0 atom stereocenters. The Labute approximate surface area is 154 Å². The average molecular weight is 393 g/mol.